The first-order valence-corrected chi connectivity index (χ1v) is 12.1. The third kappa shape index (κ3) is 7.20. The standard InChI is InChI=1S/C26H29N5O10/c1-6-40-25(33)23-14(2)28-26(34)29-24(23)15-7-8-18(19(9-15)37-3)41-13-22(32)30-27-12-16-10-20(38-4)21(39-5)11-17(16)31(35)36/h7-12,24H,6,13H2,1-5H3,(H,30,32)(H2,28,29,34)/b27-12-/t24-/m1/s1. The number of amides is 3. The molecule has 0 radical (unpaired) electrons. The first-order valence-electron chi connectivity index (χ1n) is 12.1. The molecular formula is C26H29N5O10. The molecule has 1 aliphatic heterocycles. The largest absolute Gasteiger partial charge is 0.493 e. The second-order valence-electron chi connectivity index (χ2n) is 8.31. The van der Waals surface area contributed by atoms with Crippen molar-refractivity contribution in [2.45, 2.75) is 19.9 Å². The highest BCUT2D eigenvalue weighted by Gasteiger charge is 2.32. The number of carbonyl (C=O) groups is 3. The minimum atomic E-state index is -0.816. The van der Waals surface area contributed by atoms with Gasteiger partial charge in [0.25, 0.3) is 11.6 Å². The van der Waals surface area contributed by atoms with Crippen molar-refractivity contribution < 1.29 is 43.0 Å². The number of carbonyl (C=O) groups excluding carboxylic acids is 3. The molecule has 2 aromatic carbocycles. The van der Waals surface area contributed by atoms with Gasteiger partial charge in [0.2, 0.25) is 0 Å². The molecule has 1 aliphatic rings. The maximum absolute atomic E-state index is 12.6. The lowest BCUT2D eigenvalue weighted by Gasteiger charge is -2.28. The monoisotopic (exact) mass is 571 g/mol. The maximum atomic E-state index is 12.6. The lowest BCUT2D eigenvalue weighted by molar-refractivity contribution is -0.385. The molecule has 0 saturated heterocycles. The average molecular weight is 572 g/mol. The molecule has 41 heavy (non-hydrogen) atoms. The predicted octanol–water partition coefficient (Wildman–Crippen LogP) is 2.34. The van der Waals surface area contributed by atoms with Gasteiger partial charge in [-0.15, -0.1) is 0 Å². The second-order valence-corrected chi connectivity index (χ2v) is 8.31. The zero-order chi connectivity index (χ0) is 30.1. The Morgan fingerprint density at radius 3 is 2.37 bits per heavy atom. The fraction of sp³-hybridized carbons (Fsp3) is 0.308. The van der Waals surface area contributed by atoms with E-state index >= 15 is 0 Å². The Morgan fingerprint density at radius 1 is 1.07 bits per heavy atom. The molecule has 0 aliphatic carbocycles. The summed E-state index contributed by atoms with van der Waals surface area (Å²) in [6.45, 7) is 2.95. The van der Waals surface area contributed by atoms with Gasteiger partial charge in [-0.05, 0) is 37.6 Å². The zero-order valence-electron chi connectivity index (χ0n) is 22.9. The maximum Gasteiger partial charge on any atom is 0.338 e. The summed E-state index contributed by atoms with van der Waals surface area (Å²) in [4.78, 5) is 47.8. The fourth-order valence-corrected chi connectivity index (χ4v) is 3.90. The summed E-state index contributed by atoms with van der Waals surface area (Å²) in [7, 11) is 4.12. The average Bonchev–Trinajstić information content (AvgIpc) is 2.95. The van der Waals surface area contributed by atoms with E-state index in [2.05, 4.69) is 21.2 Å². The number of nitrogens with zero attached hydrogens (tertiary/aromatic N) is 2. The van der Waals surface area contributed by atoms with Gasteiger partial charge >= 0.3 is 12.0 Å². The number of methoxy groups -OCH3 is 3. The smallest absolute Gasteiger partial charge is 0.338 e. The van der Waals surface area contributed by atoms with Crippen LogP contribution in [-0.2, 0) is 14.3 Å². The molecular weight excluding hydrogens is 542 g/mol. The molecule has 0 bridgehead atoms. The normalized spacial score (nSPS) is 14.6. The Hall–Kier alpha value is -5.34. The first-order chi connectivity index (χ1) is 19.6. The van der Waals surface area contributed by atoms with E-state index in [0.29, 0.717) is 11.3 Å². The number of hydrogen-bond acceptors (Lipinski definition) is 11. The minimum absolute atomic E-state index is 0.0719. The molecule has 1 heterocycles. The van der Waals surface area contributed by atoms with E-state index in [9.17, 15) is 24.5 Å². The molecule has 3 amide bonds. The van der Waals surface area contributed by atoms with Crippen molar-refractivity contribution in [3.63, 3.8) is 0 Å². The van der Waals surface area contributed by atoms with Crippen molar-refractivity contribution in [3.05, 3.63) is 62.8 Å². The van der Waals surface area contributed by atoms with Gasteiger partial charge in [0.05, 0.1) is 62.3 Å². The van der Waals surface area contributed by atoms with Gasteiger partial charge in [-0.25, -0.2) is 15.0 Å². The van der Waals surface area contributed by atoms with Crippen LogP contribution in [0.25, 0.3) is 0 Å². The van der Waals surface area contributed by atoms with E-state index in [1.54, 1.807) is 26.0 Å². The van der Waals surface area contributed by atoms with Crippen LogP contribution in [0, 0.1) is 10.1 Å². The number of benzene rings is 2. The van der Waals surface area contributed by atoms with Crippen LogP contribution in [0.2, 0.25) is 0 Å². The Labute approximate surface area is 234 Å². The van der Waals surface area contributed by atoms with Crippen LogP contribution in [0.3, 0.4) is 0 Å². The van der Waals surface area contributed by atoms with Crippen LogP contribution < -0.4 is 35.0 Å². The molecule has 2 aromatic rings. The topological polar surface area (TPSA) is 189 Å². The van der Waals surface area contributed by atoms with Gasteiger partial charge < -0.3 is 34.3 Å². The molecule has 15 nitrogen and oxygen atoms in total. The summed E-state index contributed by atoms with van der Waals surface area (Å²) >= 11 is 0. The highest BCUT2D eigenvalue weighted by molar-refractivity contribution is 5.95. The number of rotatable bonds is 12. The van der Waals surface area contributed by atoms with Gasteiger partial charge in [0, 0.05) is 5.70 Å². The first kappa shape index (κ1) is 30.2. The number of nitrogens with one attached hydrogen (secondary N) is 3. The number of esters is 1. The van der Waals surface area contributed by atoms with Crippen molar-refractivity contribution in [1.82, 2.24) is 16.1 Å². The van der Waals surface area contributed by atoms with Crippen LogP contribution >= 0.6 is 0 Å². The summed E-state index contributed by atoms with van der Waals surface area (Å²) in [5.41, 5.74) is 3.10. The van der Waals surface area contributed by atoms with Gasteiger partial charge in [0.15, 0.2) is 29.6 Å². The van der Waals surface area contributed by atoms with Crippen molar-refractivity contribution >= 4 is 29.8 Å². The molecule has 3 N–H and O–H groups in total. The Bertz CT molecular complexity index is 1410. The van der Waals surface area contributed by atoms with Crippen LogP contribution in [0.5, 0.6) is 23.0 Å². The van der Waals surface area contributed by atoms with Crippen LogP contribution in [0.1, 0.15) is 31.0 Å². The van der Waals surface area contributed by atoms with Crippen molar-refractivity contribution in [1.29, 1.82) is 0 Å². The molecule has 0 aromatic heterocycles. The lowest BCUT2D eigenvalue weighted by atomic mass is 9.95. The van der Waals surface area contributed by atoms with Crippen LogP contribution in [0.15, 0.2) is 46.7 Å². The van der Waals surface area contributed by atoms with E-state index in [4.69, 9.17) is 23.7 Å². The number of nitro groups is 1. The van der Waals surface area contributed by atoms with Gasteiger partial charge in [0.1, 0.15) is 0 Å². The van der Waals surface area contributed by atoms with Crippen LogP contribution in [0.4, 0.5) is 10.5 Å². The summed E-state index contributed by atoms with van der Waals surface area (Å²) in [6.07, 6.45) is 1.09. The second kappa shape index (κ2) is 13.6. The molecule has 0 fully saturated rings. The Kier molecular flexibility index (Phi) is 10.0. The quantitative estimate of drug-likeness (QED) is 0.148. The van der Waals surface area contributed by atoms with Gasteiger partial charge in [-0.3, -0.25) is 14.9 Å². The summed E-state index contributed by atoms with van der Waals surface area (Å²) < 4.78 is 26.3. The number of nitro benzene ring substituents is 1. The third-order valence-electron chi connectivity index (χ3n) is 5.77. The number of allylic oxidation sites excluding steroid dienone is 1. The molecule has 1 atom stereocenters. The number of hydrogen-bond donors (Lipinski definition) is 3. The van der Waals surface area contributed by atoms with E-state index < -0.39 is 35.5 Å². The highest BCUT2D eigenvalue weighted by Crippen LogP contribution is 2.35. The van der Waals surface area contributed by atoms with Crippen molar-refractivity contribution in [3.8, 4) is 23.0 Å². The number of hydrazone groups is 1. The zero-order valence-corrected chi connectivity index (χ0v) is 22.9. The van der Waals surface area contributed by atoms with E-state index in [1.165, 1.54) is 39.5 Å². The van der Waals surface area contributed by atoms with E-state index in [1.807, 2.05) is 0 Å². The van der Waals surface area contributed by atoms with Gasteiger partial charge in [-0.2, -0.15) is 5.10 Å². The highest BCUT2D eigenvalue weighted by atomic mass is 16.6. The fourth-order valence-electron chi connectivity index (χ4n) is 3.90. The van der Waals surface area contributed by atoms with Crippen molar-refractivity contribution in [2.24, 2.45) is 5.10 Å². The van der Waals surface area contributed by atoms with Gasteiger partial charge in [-0.1, -0.05) is 6.07 Å². The van der Waals surface area contributed by atoms with Crippen LogP contribution in [-0.4, -0.2) is 63.6 Å². The number of urea groups is 1. The number of ether oxygens (including phenoxy) is 5. The SMILES string of the molecule is CCOC(=O)C1=C(C)NC(=O)N[C@@H]1c1ccc(OCC(=O)N/N=C\c2cc(OC)c(OC)cc2[N+](=O)[O-])c(OC)c1. The molecule has 0 unspecified atom stereocenters. The molecule has 218 valence electrons. The summed E-state index contributed by atoms with van der Waals surface area (Å²) in [5.74, 6) is -0.409. The Balaban J connectivity index is 1.72. The third-order valence-corrected chi connectivity index (χ3v) is 5.77. The summed E-state index contributed by atoms with van der Waals surface area (Å²) in [5, 5.41) is 20.4. The van der Waals surface area contributed by atoms with E-state index in [-0.39, 0.29) is 46.4 Å². The van der Waals surface area contributed by atoms with E-state index in [0.717, 1.165) is 6.21 Å². The lowest BCUT2D eigenvalue weighted by Crippen LogP contribution is -2.45. The molecule has 0 saturated carbocycles. The molecule has 3 rings (SSSR count). The minimum Gasteiger partial charge on any atom is -0.493 e. The Morgan fingerprint density at radius 2 is 1.73 bits per heavy atom. The predicted molar refractivity (Wildman–Crippen MR) is 144 cm³/mol. The molecule has 15 heteroatoms. The summed E-state index contributed by atoms with van der Waals surface area (Å²) in [6, 6.07) is 5.91. The van der Waals surface area contributed by atoms with Crippen molar-refractivity contribution in [2.75, 3.05) is 34.5 Å². The molecule has 0 spiro atoms.